The summed E-state index contributed by atoms with van der Waals surface area (Å²) in [5, 5.41) is 0. The van der Waals surface area contributed by atoms with Crippen LogP contribution in [0.3, 0.4) is 0 Å². The van der Waals surface area contributed by atoms with E-state index in [0.29, 0.717) is 0 Å². The molecule has 0 amide bonds. The van der Waals surface area contributed by atoms with E-state index in [1.165, 1.54) is 223 Å². The fraction of sp³-hybridized carbons (Fsp3) is 0.236. The molecule has 552 valence electrons. The van der Waals surface area contributed by atoms with Crippen LogP contribution in [0, 0.1) is 13.8 Å². The maximum absolute atomic E-state index is 2.66. The molecule has 112 heavy (non-hydrogen) atoms. The standard InChI is InChI=1S/C110H102N2/c1-9-11-13-15-17-28-64-109(65-29-18-16-14-12-10-2)104-67-74(4)39-58-94(104)95-60-47-80(69-105(95)109)79-46-59-91-93-62-55-85(71-103(93)108(7,8)101(91)68-79)112(84-54-61-92-90-57-38-73(3)66-100(90)107(5,6)102(92)70-84)83-52-44-78(45-53-83)77-42-50-82(51-43-77)111(81-48-40-76(41-49-81)75-30-20-19-21-31-75)86-56-63-96-89-34-24-27-37-99(89)110(106(96)72-86)97-35-25-22-32-87(97)88-33-23-26-36-98(88)110/h19-27,30-63,66-72H,9-18,28-29,64-65H2,1-8H3. The summed E-state index contributed by atoms with van der Waals surface area (Å²) in [7, 11) is 0. The topological polar surface area (TPSA) is 6.48 Å². The van der Waals surface area contributed by atoms with Crippen molar-refractivity contribution in [1.29, 1.82) is 0 Å². The number of fused-ring (bicyclic) bond motifs is 19. The summed E-state index contributed by atoms with van der Waals surface area (Å²) in [6.45, 7) is 19.0. The van der Waals surface area contributed by atoms with E-state index in [9.17, 15) is 0 Å². The number of aryl methyl sites for hydroxylation is 2. The van der Waals surface area contributed by atoms with Gasteiger partial charge >= 0.3 is 0 Å². The molecule has 2 nitrogen and oxygen atoms in total. The third-order valence-electron chi connectivity index (χ3n) is 26.8. The van der Waals surface area contributed by atoms with Crippen molar-refractivity contribution >= 4 is 34.1 Å². The van der Waals surface area contributed by atoms with Gasteiger partial charge in [-0.3, -0.25) is 0 Å². The molecule has 0 saturated heterocycles. The SMILES string of the molecule is CCCCCCCCC1(CCCCCCCC)c2cc(C)ccc2-c2ccc(-c3ccc4c(c3)C(C)(C)c3cc(N(c5ccc(-c6ccc(N(c7ccc(-c8ccccc8)cc7)c7ccc8c(c7)C7(c9ccccc9-c9ccccc97)c7ccccc7-8)cc6)cc5)c5ccc6c(c5)C(C)(C)c5cc(C)ccc5-6)ccc3-4)cc21. The number of benzene rings is 14. The zero-order valence-corrected chi connectivity index (χ0v) is 66.7. The molecule has 19 rings (SSSR count). The highest BCUT2D eigenvalue weighted by molar-refractivity contribution is 5.98. The molecule has 0 radical (unpaired) electrons. The van der Waals surface area contributed by atoms with Crippen LogP contribution < -0.4 is 9.80 Å². The van der Waals surface area contributed by atoms with Gasteiger partial charge in [-0.1, -0.05) is 348 Å². The van der Waals surface area contributed by atoms with Crippen LogP contribution in [0.4, 0.5) is 34.1 Å². The van der Waals surface area contributed by atoms with Crippen molar-refractivity contribution < 1.29 is 0 Å². The van der Waals surface area contributed by atoms with Gasteiger partial charge in [-0.15, -0.1) is 0 Å². The summed E-state index contributed by atoms with van der Waals surface area (Å²) >= 11 is 0. The fourth-order valence-corrected chi connectivity index (χ4v) is 21.0. The Bertz CT molecular complexity index is 5860. The minimum atomic E-state index is -0.467. The van der Waals surface area contributed by atoms with E-state index in [1.807, 2.05) is 0 Å². The number of hydrogen-bond acceptors (Lipinski definition) is 2. The van der Waals surface area contributed by atoms with Crippen LogP contribution in [0.1, 0.15) is 198 Å². The van der Waals surface area contributed by atoms with Crippen molar-refractivity contribution in [2.75, 3.05) is 9.80 Å². The lowest BCUT2D eigenvalue weighted by atomic mass is 9.70. The molecule has 1 spiro atoms. The minimum absolute atomic E-state index is 0.0168. The summed E-state index contributed by atoms with van der Waals surface area (Å²) in [5.74, 6) is 0. The molecule has 0 heterocycles. The number of hydrogen-bond donors (Lipinski definition) is 0. The molecule has 0 bridgehead atoms. The Morgan fingerprint density at radius 3 is 0.929 bits per heavy atom. The Morgan fingerprint density at radius 1 is 0.214 bits per heavy atom. The van der Waals surface area contributed by atoms with Gasteiger partial charge in [-0.25, -0.2) is 0 Å². The van der Waals surface area contributed by atoms with Gasteiger partial charge < -0.3 is 9.80 Å². The van der Waals surface area contributed by atoms with Crippen LogP contribution in [0.15, 0.2) is 303 Å². The van der Waals surface area contributed by atoms with Crippen molar-refractivity contribution in [2.45, 2.75) is 167 Å². The van der Waals surface area contributed by atoms with Crippen LogP contribution >= 0.6 is 0 Å². The first-order valence-electron chi connectivity index (χ1n) is 42.0. The van der Waals surface area contributed by atoms with Crippen LogP contribution in [-0.2, 0) is 21.7 Å². The first-order valence-corrected chi connectivity index (χ1v) is 42.0. The van der Waals surface area contributed by atoms with Gasteiger partial charge in [0, 0.05) is 50.4 Å². The first kappa shape index (κ1) is 71.0. The third kappa shape index (κ3) is 11.6. The molecule has 14 aromatic carbocycles. The summed E-state index contributed by atoms with van der Waals surface area (Å²) in [6.07, 6.45) is 18.2. The average Bonchev–Trinajstić information content (AvgIpc) is 1.51. The molecule has 0 saturated carbocycles. The predicted molar refractivity (Wildman–Crippen MR) is 475 cm³/mol. The highest BCUT2D eigenvalue weighted by atomic mass is 15.1. The van der Waals surface area contributed by atoms with Gasteiger partial charge in [0.25, 0.3) is 0 Å². The molecule has 0 fully saturated rings. The Morgan fingerprint density at radius 2 is 0.491 bits per heavy atom. The molecule has 0 aromatic heterocycles. The van der Waals surface area contributed by atoms with Gasteiger partial charge in [0.15, 0.2) is 0 Å². The molecule has 2 heteroatoms. The lowest BCUT2D eigenvalue weighted by Crippen LogP contribution is -2.26. The third-order valence-corrected chi connectivity index (χ3v) is 26.8. The van der Waals surface area contributed by atoms with Crippen LogP contribution in [0.2, 0.25) is 0 Å². The normalized spacial score (nSPS) is 14.5. The van der Waals surface area contributed by atoms with Gasteiger partial charge in [-0.2, -0.15) is 0 Å². The van der Waals surface area contributed by atoms with Gasteiger partial charge in [0.1, 0.15) is 0 Å². The van der Waals surface area contributed by atoms with E-state index in [0.717, 1.165) is 45.3 Å². The van der Waals surface area contributed by atoms with E-state index in [2.05, 4.69) is 369 Å². The highest BCUT2D eigenvalue weighted by Gasteiger charge is 2.52. The van der Waals surface area contributed by atoms with E-state index >= 15 is 0 Å². The molecular formula is C110H102N2. The Kier molecular flexibility index (Phi) is 18.0. The summed E-state index contributed by atoms with van der Waals surface area (Å²) in [4.78, 5) is 4.99. The molecule has 5 aliphatic carbocycles. The molecule has 0 atom stereocenters. The van der Waals surface area contributed by atoms with E-state index < -0.39 is 5.41 Å². The Balaban J connectivity index is 0.672. The van der Waals surface area contributed by atoms with Crippen molar-refractivity contribution in [3.8, 4) is 89.0 Å². The zero-order chi connectivity index (χ0) is 76.0. The Labute approximate surface area is 665 Å². The van der Waals surface area contributed by atoms with Crippen LogP contribution in [0.5, 0.6) is 0 Å². The molecule has 0 unspecified atom stereocenters. The van der Waals surface area contributed by atoms with Crippen molar-refractivity contribution in [3.63, 3.8) is 0 Å². The van der Waals surface area contributed by atoms with Crippen LogP contribution in [0.25, 0.3) is 89.0 Å². The number of unbranched alkanes of at least 4 members (excludes halogenated alkanes) is 10. The largest absolute Gasteiger partial charge is 0.310 e. The van der Waals surface area contributed by atoms with E-state index in [1.54, 1.807) is 11.1 Å². The quantitative estimate of drug-likeness (QED) is 0.0589. The maximum atomic E-state index is 2.66. The van der Waals surface area contributed by atoms with Crippen molar-refractivity contribution in [2.24, 2.45) is 0 Å². The van der Waals surface area contributed by atoms with Gasteiger partial charge in [0.05, 0.1) is 5.41 Å². The molecule has 0 N–H and O–H groups in total. The lowest BCUT2D eigenvalue weighted by molar-refractivity contribution is 0.398. The summed E-state index contributed by atoms with van der Waals surface area (Å²) in [6, 6.07) is 117. The number of rotatable bonds is 23. The maximum Gasteiger partial charge on any atom is 0.0726 e. The first-order chi connectivity index (χ1) is 54.8. The molecular weight excluding hydrogens is 1350 g/mol. The monoisotopic (exact) mass is 1450 g/mol. The second-order valence-electron chi connectivity index (χ2n) is 34.2. The lowest BCUT2D eigenvalue weighted by Gasteiger charge is -2.33. The van der Waals surface area contributed by atoms with Crippen molar-refractivity contribution in [1.82, 2.24) is 0 Å². The van der Waals surface area contributed by atoms with Gasteiger partial charge in [-0.05, 0) is 256 Å². The van der Waals surface area contributed by atoms with Crippen LogP contribution in [-0.4, -0.2) is 0 Å². The van der Waals surface area contributed by atoms with Gasteiger partial charge in [0.2, 0.25) is 0 Å². The summed E-state index contributed by atoms with van der Waals surface area (Å²) in [5.41, 5.74) is 43.3. The number of nitrogens with zero attached hydrogens (tertiary/aromatic N) is 2. The summed E-state index contributed by atoms with van der Waals surface area (Å²) < 4.78 is 0. The average molecular weight is 1450 g/mol. The fourth-order valence-electron chi connectivity index (χ4n) is 21.0. The highest BCUT2D eigenvalue weighted by Crippen LogP contribution is 2.64. The smallest absolute Gasteiger partial charge is 0.0726 e. The zero-order valence-electron chi connectivity index (χ0n) is 66.7. The second kappa shape index (κ2) is 28.5. The minimum Gasteiger partial charge on any atom is -0.310 e. The predicted octanol–water partition coefficient (Wildman–Crippen LogP) is 31.0. The molecule has 5 aliphatic rings. The molecule has 0 aliphatic heterocycles. The van der Waals surface area contributed by atoms with E-state index in [-0.39, 0.29) is 16.2 Å². The van der Waals surface area contributed by atoms with Crippen molar-refractivity contribution in [3.05, 3.63) is 370 Å². The Hall–Kier alpha value is -11.3. The number of anilines is 6. The second-order valence-corrected chi connectivity index (χ2v) is 34.2. The van der Waals surface area contributed by atoms with E-state index in [4.69, 9.17) is 0 Å². The molecule has 14 aromatic rings.